The molecule has 6 nitrogen and oxygen atoms in total. The van der Waals surface area contributed by atoms with Crippen LogP contribution in [0.1, 0.15) is 38.7 Å². The van der Waals surface area contributed by atoms with E-state index in [4.69, 9.17) is 9.47 Å². The fourth-order valence-electron chi connectivity index (χ4n) is 3.48. The molecule has 0 fully saturated rings. The second kappa shape index (κ2) is 8.39. The first-order chi connectivity index (χ1) is 13.3. The summed E-state index contributed by atoms with van der Waals surface area (Å²) in [6.07, 6.45) is 6.04. The zero-order chi connectivity index (χ0) is 20.3. The van der Waals surface area contributed by atoms with E-state index >= 15 is 0 Å². The molecule has 1 aliphatic heterocycles. The van der Waals surface area contributed by atoms with Crippen LogP contribution in [0.25, 0.3) is 0 Å². The number of benzene rings is 1. The van der Waals surface area contributed by atoms with Gasteiger partial charge < -0.3 is 14.4 Å². The number of pyridine rings is 1. The minimum atomic E-state index is -3.34. The van der Waals surface area contributed by atoms with Crippen LogP contribution in [-0.2, 0) is 9.84 Å². The van der Waals surface area contributed by atoms with Crippen LogP contribution in [-0.4, -0.2) is 38.9 Å². The molecule has 152 valence electrons. The van der Waals surface area contributed by atoms with E-state index in [1.807, 2.05) is 24.3 Å². The number of nitrogens with zero attached hydrogens (tertiary/aromatic N) is 2. The van der Waals surface area contributed by atoms with Crippen LogP contribution in [0.15, 0.2) is 35.5 Å². The predicted molar refractivity (Wildman–Crippen MR) is 111 cm³/mol. The van der Waals surface area contributed by atoms with Gasteiger partial charge in [-0.15, -0.1) is 0 Å². The Morgan fingerprint density at radius 3 is 2.71 bits per heavy atom. The average Bonchev–Trinajstić information content (AvgIpc) is 2.66. The molecule has 0 amide bonds. The maximum Gasteiger partial charge on any atom is 0.193 e. The molecule has 0 bridgehead atoms. The SMILES string of the molecule is CCCC(CC)Oc1ccc2c(c1)N(c1cnc(S(C)(=O)=O)c(C)c1)CCO2. The summed E-state index contributed by atoms with van der Waals surface area (Å²) in [7, 11) is -3.34. The summed E-state index contributed by atoms with van der Waals surface area (Å²) in [6, 6.07) is 7.72. The molecule has 1 aliphatic rings. The molecule has 1 aromatic carbocycles. The standard InChI is InChI=1S/C21H28N2O4S/c1-5-7-17(6-2)27-18-8-9-20-19(13-18)23(10-11-26-20)16-12-15(3)21(22-14-16)28(4,24)25/h8-9,12-14,17H,5-7,10-11H2,1-4H3. The summed E-state index contributed by atoms with van der Waals surface area (Å²) in [5.74, 6) is 1.60. The maximum atomic E-state index is 11.9. The van der Waals surface area contributed by atoms with E-state index in [1.54, 1.807) is 13.1 Å². The molecule has 28 heavy (non-hydrogen) atoms. The summed E-state index contributed by atoms with van der Waals surface area (Å²) in [5, 5.41) is 0.118. The van der Waals surface area contributed by atoms with Crippen molar-refractivity contribution in [2.75, 3.05) is 24.3 Å². The molecule has 2 aromatic rings. The van der Waals surface area contributed by atoms with Gasteiger partial charge in [0.15, 0.2) is 14.9 Å². The van der Waals surface area contributed by atoms with Crippen molar-refractivity contribution in [1.29, 1.82) is 0 Å². The molecule has 1 unspecified atom stereocenters. The number of hydrogen-bond donors (Lipinski definition) is 0. The van der Waals surface area contributed by atoms with Crippen LogP contribution >= 0.6 is 0 Å². The van der Waals surface area contributed by atoms with Crippen molar-refractivity contribution >= 4 is 21.2 Å². The second-order valence-electron chi connectivity index (χ2n) is 7.15. The first-order valence-electron chi connectivity index (χ1n) is 9.71. The van der Waals surface area contributed by atoms with E-state index < -0.39 is 9.84 Å². The number of aryl methyl sites for hydroxylation is 1. The molecule has 0 saturated heterocycles. The first kappa shape index (κ1) is 20.5. The fraction of sp³-hybridized carbons (Fsp3) is 0.476. The van der Waals surface area contributed by atoms with Gasteiger partial charge in [-0.3, -0.25) is 0 Å². The van der Waals surface area contributed by atoms with Crippen molar-refractivity contribution in [3.8, 4) is 11.5 Å². The van der Waals surface area contributed by atoms with Crippen molar-refractivity contribution in [1.82, 2.24) is 4.98 Å². The third-order valence-corrected chi connectivity index (χ3v) is 5.97. The minimum Gasteiger partial charge on any atom is -0.490 e. The number of hydrogen-bond acceptors (Lipinski definition) is 6. The molecule has 2 heterocycles. The summed E-state index contributed by atoms with van der Waals surface area (Å²) < 4.78 is 35.7. The Morgan fingerprint density at radius 1 is 1.29 bits per heavy atom. The van der Waals surface area contributed by atoms with Gasteiger partial charge in [0.05, 0.1) is 30.2 Å². The summed E-state index contributed by atoms with van der Waals surface area (Å²) in [4.78, 5) is 6.30. The predicted octanol–water partition coefficient (Wildman–Crippen LogP) is 4.28. The van der Waals surface area contributed by atoms with Crippen molar-refractivity contribution in [2.45, 2.75) is 51.2 Å². The Balaban J connectivity index is 1.94. The van der Waals surface area contributed by atoms with Crippen LogP contribution in [0.5, 0.6) is 11.5 Å². The van der Waals surface area contributed by atoms with Gasteiger partial charge in [-0.25, -0.2) is 13.4 Å². The summed E-state index contributed by atoms with van der Waals surface area (Å²) in [6.45, 7) is 7.26. The van der Waals surface area contributed by atoms with Crippen LogP contribution in [0.3, 0.4) is 0 Å². The number of fused-ring (bicyclic) bond motifs is 1. The van der Waals surface area contributed by atoms with E-state index in [2.05, 4.69) is 23.7 Å². The van der Waals surface area contributed by atoms with Crippen LogP contribution in [0.4, 0.5) is 11.4 Å². The topological polar surface area (TPSA) is 68.7 Å². The van der Waals surface area contributed by atoms with Gasteiger partial charge in [0.2, 0.25) is 0 Å². The highest BCUT2D eigenvalue weighted by Crippen LogP contribution is 2.39. The number of ether oxygens (including phenoxy) is 2. The molecular weight excluding hydrogens is 376 g/mol. The molecule has 0 N–H and O–H groups in total. The lowest BCUT2D eigenvalue weighted by Crippen LogP contribution is -2.29. The highest BCUT2D eigenvalue weighted by molar-refractivity contribution is 7.90. The number of anilines is 2. The van der Waals surface area contributed by atoms with Crippen molar-refractivity contribution in [3.05, 3.63) is 36.0 Å². The first-order valence-corrected chi connectivity index (χ1v) is 11.6. The van der Waals surface area contributed by atoms with Crippen molar-refractivity contribution in [2.24, 2.45) is 0 Å². The Labute approximate surface area is 167 Å². The third kappa shape index (κ3) is 4.41. The Morgan fingerprint density at radius 2 is 2.07 bits per heavy atom. The highest BCUT2D eigenvalue weighted by Gasteiger charge is 2.23. The Kier molecular flexibility index (Phi) is 6.13. The van der Waals surface area contributed by atoms with Gasteiger partial charge >= 0.3 is 0 Å². The lowest BCUT2D eigenvalue weighted by atomic mass is 10.1. The summed E-state index contributed by atoms with van der Waals surface area (Å²) >= 11 is 0. The van der Waals surface area contributed by atoms with Gasteiger partial charge in [0, 0.05) is 12.3 Å². The van der Waals surface area contributed by atoms with Crippen molar-refractivity contribution in [3.63, 3.8) is 0 Å². The molecule has 1 atom stereocenters. The monoisotopic (exact) mass is 404 g/mol. The molecular formula is C21H28N2O4S. The highest BCUT2D eigenvalue weighted by atomic mass is 32.2. The average molecular weight is 405 g/mol. The quantitative estimate of drug-likeness (QED) is 0.686. The normalized spacial score (nSPS) is 14.9. The molecule has 1 aromatic heterocycles. The van der Waals surface area contributed by atoms with Gasteiger partial charge in [-0.1, -0.05) is 20.3 Å². The zero-order valence-corrected chi connectivity index (χ0v) is 17.8. The maximum absolute atomic E-state index is 11.9. The number of sulfone groups is 1. The Hall–Kier alpha value is -2.28. The van der Waals surface area contributed by atoms with E-state index in [0.29, 0.717) is 18.7 Å². The number of rotatable bonds is 7. The lowest BCUT2D eigenvalue weighted by molar-refractivity contribution is 0.185. The summed E-state index contributed by atoms with van der Waals surface area (Å²) in [5.41, 5.74) is 2.38. The second-order valence-corrected chi connectivity index (χ2v) is 9.09. The van der Waals surface area contributed by atoms with Gasteiger partial charge in [-0.2, -0.15) is 0 Å². The fourth-order valence-corrected chi connectivity index (χ4v) is 4.37. The van der Waals surface area contributed by atoms with Crippen LogP contribution in [0.2, 0.25) is 0 Å². The molecule has 0 spiro atoms. The molecule has 0 saturated carbocycles. The minimum absolute atomic E-state index is 0.118. The van der Waals surface area contributed by atoms with E-state index in [-0.39, 0.29) is 11.1 Å². The largest absolute Gasteiger partial charge is 0.490 e. The number of aromatic nitrogens is 1. The van der Waals surface area contributed by atoms with Crippen LogP contribution < -0.4 is 14.4 Å². The molecule has 3 rings (SSSR count). The molecule has 0 aliphatic carbocycles. The van der Waals surface area contributed by atoms with Gasteiger partial charge in [0.1, 0.15) is 18.1 Å². The molecule has 7 heteroatoms. The zero-order valence-electron chi connectivity index (χ0n) is 16.9. The van der Waals surface area contributed by atoms with E-state index in [1.165, 1.54) is 6.26 Å². The Bertz CT molecular complexity index is 943. The van der Waals surface area contributed by atoms with E-state index in [9.17, 15) is 8.42 Å². The molecule has 0 radical (unpaired) electrons. The lowest BCUT2D eigenvalue weighted by Gasteiger charge is -2.32. The van der Waals surface area contributed by atoms with Gasteiger partial charge in [0.25, 0.3) is 0 Å². The van der Waals surface area contributed by atoms with E-state index in [0.717, 1.165) is 42.1 Å². The van der Waals surface area contributed by atoms with Crippen LogP contribution in [0, 0.1) is 6.92 Å². The van der Waals surface area contributed by atoms with Crippen molar-refractivity contribution < 1.29 is 17.9 Å². The third-order valence-electron chi connectivity index (χ3n) is 4.84. The smallest absolute Gasteiger partial charge is 0.193 e. The van der Waals surface area contributed by atoms with Gasteiger partial charge in [-0.05, 0) is 43.5 Å².